The van der Waals surface area contributed by atoms with Crippen LogP contribution in [-0.2, 0) is 24.3 Å². The maximum Gasteiger partial charge on any atom is 0.490 e. The molecule has 0 amide bonds. The van der Waals surface area contributed by atoms with Gasteiger partial charge in [-0.1, -0.05) is 23.7 Å². The Labute approximate surface area is 231 Å². The number of anilines is 2. The van der Waals surface area contributed by atoms with Gasteiger partial charge in [-0.05, 0) is 71.3 Å². The average Bonchev–Trinajstić information content (AvgIpc) is 3.43. The highest BCUT2D eigenvalue weighted by molar-refractivity contribution is 6.32. The monoisotopic (exact) mass is 576 g/mol. The second-order valence-electron chi connectivity index (χ2n) is 8.74. The molecular weight excluding hydrogens is 553 g/mol. The van der Waals surface area contributed by atoms with Crippen LogP contribution in [0.15, 0.2) is 55.1 Å². The maximum atomic E-state index is 10.6. The molecule has 0 saturated heterocycles. The zero-order valence-electron chi connectivity index (χ0n) is 21.1. The van der Waals surface area contributed by atoms with Crippen molar-refractivity contribution in [3.8, 4) is 16.9 Å². The number of rotatable bonds is 7. The van der Waals surface area contributed by atoms with Gasteiger partial charge in [-0.25, -0.2) is 19.4 Å². The molecule has 15 heteroatoms. The van der Waals surface area contributed by atoms with Gasteiger partial charge >= 0.3 is 12.1 Å². The molecule has 5 rings (SSSR count). The van der Waals surface area contributed by atoms with Crippen molar-refractivity contribution >= 4 is 29.2 Å². The number of carboxylic acid groups (broad SMARTS) is 1. The van der Waals surface area contributed by atoms with E-state index in [2.05, 4.69) is 54.3 Å². The molecule has 0 spiro atoms. The molecule has 0 fully saturated rings. The molecule has 0 saturated carbocycles. The van der Waals surface area contributed by atoms with E-state index in [-0.39, 0.29) is 6.10 Å². The Morgan fingerprint density at radius 1 is 1.18 bits per heavy atom. The van der Waals surface area contributed by atoms with Gasteiger partial charge in [0.1, 0.15) is 18.2 Å². The van der Waals surface area contributed by atoms with Crippen molar-refractivity contribution in [2.45, 2.75) is 38.7 Å². The van der Waals surface area contributed by atoms with E-state index in [1.807, 2.05) is 25.1 Å². The molecule has 1 unspecified atom stereocenters. The molecule has 1 aliphatic rings. The van der Waals surface area contributed by atoms with Crippen molar-refractivity contribution in [3.05, 3.63) is 71.3 Å². The number of nitrogens with one attached hydrogen (secondary N) is 2. The first-order valence-electron chi connectivity index (χ1n) is 12.0. The molecule has 40 heavy (non-hydrogen) atoms. The van der Waals surface area contributed by atoms with Crippen LogP contribution < -0.4 is 15.4 Å². The quantitative estimate of drug-likeness (QED) is 0.292. The number of hydrogen-bond acceptors (Lipinski definition) is 9. The standard InChI is InChI=1S/C23H23ClN8O.C2HF3O2/c1-15(13-32-14-28-30-31-32)33-22-9-16(3-5-21(22)24)19-11-26-23(27-12-19)29-20-4-2-18-10-25-7-6-17(18)8-20;3-2(4,5)1(6)7/h2-5,8-9,11-12,14-15,25H,6-7,10,13H2,1H3,(H,26,27,29);(H,6,7). The lowest BCUT2D eigenvalue weighted by Crippen LogP contribution is -2.23. The normalized spacial score (nSPS) is 13.4. The minimum atomic E-state index is -5.08. The van der Waals surface area contributed by atoms with Gasteiger partial charge in [-0.2, -0.15) is 13.2 Å². The highest BCUT2D eigenvalue weighted by Crippen LogP contribution is 2.31. The zero-order valence-corrected chi connectivity index (χ0v) is 21.8. The highest BCUT2D eigenvalue weighted by atomic mass is 35.5. The molecule has 4 aromatic rings. The molecule has 0 aliphatic carbocycles. The largest absolute Gasteiger partial charge is 0.490 e. The van der Waals surface area contributed by atoms with E-state index in [9.17, 15) is 13.2 Å². The van der Waals surface area contributed by atoms with Crippen molar-refractivity contribution in [3.63, 3.8) is 0 Å². The summed E-state index contributed by atoms with van der Waals surface area (Å²) in [6.07, 6.45) is 0.896. The van der Waals surface area contributed by atoms with E-state index in [1.165, 1.54) is 11.1 Å². The number of nitrogens with zero attached hydrogens (tertiary/aromatic N) is 6. The smallest absolute Gasteiger partial charge is 0.487 e. The predicted molar refractivity (Wildman–Crippen MR) is 139 cm³/mol. The highest BCUT2D eigenvalue weighted by Gasteiger charge is 2.38. The molecule has 1 atom stereocenters. The van der Waals surface area contributed by atoms with Crippen molar-refractivity contribution in [1.29, 1.82) is 0 Å². The van der Waals surface area contributed by atoms with E-state index in [4.69, 9.17) is 26.2 Å². The second kappa shape index (κ2) is 12.7. The number of carbonyl (C=O) groups is 1. The average molecular weight is 577 g/mol. The molecule has 0 radical (unpaired) electrons. The number of fused-ring (bicyclic) bond motifs is 1. The Bertz CT molecular complexity index is 1440. The van der Waals surface area contributed by atoms with Gasteiger partial charge in [0, 0.05) is 30.2 Å². The summed E-state index contributed by atoms with van der Waals surface area (Å²) >= 11 is 6.36. The summed E-state index contributed by atoms with van der Waals surface area (Å²) in [6, 6.07) is 12.0. The van der Waals surface area contributed by atoms with Crippen LogP contribution >= 0.6 is 11.6 Å². The number of aliphatic carboxylic acids is 1. The SMILES string of the molecule is CC(Cn1cnnn1)Oc1cc(-c2cnc(Nc3ccc4c(c3)CCNC4)nc2)ccc1Cl.O=C(O)C(F)(F)F. The molecule has 11 nitrogen and oxygen atoms in total. The third kappa shape index (κ3) is 7.86. The predicted octanol–water partition coefficient (Wildman–Crippen LogP) is 4.27. The Hall–Kier alpha value is -4.30. The van der Waals surface area contributed by atoms with Gasteiger partial charge in [-0.3, -0.25) is 0 Å². The fraction of sp³-hybridized carbons (Fsp3) is 0.280. The summed E-state index contributed by atoms with van der Waals surface area (Å²) in [4.78, 5) is 17.9. The molecule has 3 N–H and O–H groups in total. The van der Waals surface area contributed by atoms with Gasteiger partial charge in [0.05, 0.1) is 11.6 Å². The fourth-order valence-electron chi connectivity index (χ4n) is 3.78. The summed E-state index contributed by atoms with van der Waals surface area (Å²) in [5.41, 5.74) is 5.47. The minimum absolute atomic E-state index is 0.170. The van der Waals surface area contributed by atoms with Gasteiger partial charge in [0.25, 0.3) is 0 Å². The number of aromatic nitrogens is 6. The summed E-state index contributed by atoms with van der Waals surface area (Å²) in [5, 5.41) is 25.5. The van der Waals surface area contributed by atoms with E-state index in [0.29, 0.717) is 23.3 Å². The van der Waals surface area contributed by atoms with Gasteiger partial charge in [0.15, 0.2) is 0 Å². The van der Waals surface area contributed by atoms with E-state index >= 15 is 0 Å². The lowest BCUT2D eigenvalue weighted by molar-refractivity contribution is -0.192. The molecule has 2 aromatic carbocycles. The number of halogens is 4. The first-order chi connectivity index (χ1) is 19.1. The molecule has 3 heterocycles. The van der Waals surface area contributed by atoms with Crippen molar-refractivity contribution in [2.24, 2.45) is 0 Å². The summed E-state index contributed by atoms with van der Waals surface area (Å²) < 4.78 is 39.4. The second-order valence-corrected chi connectivity index (χ2v) is 9.15. The molecule has 0 bridgehead atoms. The summed E-state index contributed by atoms with van der Waals surface area (Å²) in [7, 11) is 0. The van der Waals surface area contributed by atoms with Gasteiger partial charge in [0.2, 0.25) is 5.95 Å². The van der Waals surface area contributed by atoms with Crippen LogP contribution in [0.3, 0.4) is 0 Å². The first-order valence-corrected chi connectivity index (χ1v) is 12.4. The summed E-state index contributed by atoms with van der Waals surface area (Å²) in [6.45, 7) is 4.37. The lowest BCUT2D eigenvalue weighted by atomic mass is 10.0. The van der Waals surface area contributed by atoms with E-state index < -0.39 is 12.1 Å². The number of alkyl halides is 3. The molecular formula is C25H24ClF3N8O3. The van der Waals surface area contributed by atoms with Crippen LogP contribution in [0.5, 0.6) is 5.75 Å². The van der Waals surface area contributed by atoms with Crippen molar-refractivity contribution in [2.75, 3.05) is 11.9 Å². The van der Waals surface area contributed by atoms with Crippen LogP contribution in [0.4, 0.5) is 24.8 Å². The summed E-state index contributed by atoms with van der Waals surface area (Å²) in [5.74, 6) is -1.62. The van der Waals surface area contributed by atoms with Crippen molar-refractivity contribution in [1.82, 2.24) is 35.5 Å². The Kier molecular flexibility index (Phi) is 9.11. The van der Waals surface area contributed by atoms with Crippen LogP contribution in [0.25, 0.3) is 11.1 Å². The minimum Gasteiger partial charge on any atom is -0.487 e. The number of benzene rings is 2. The fourth-order valence-corrected chi connectivity index (χ4v) is 3.94. The number of hydrogen-bond donors (Lipinski definition) is 3. The van der Waals surface area contributed by atoms with Crippen molar-refractivity contribution < 1.29 is 27.8 Å². The first kappa shape index (κ1) is 28.7. The topological polar surface area (TPSA) is 140 Å². The maximum absolute atomic E-state index is 10.6. The molecule has 210 valence electrons. The third-order valence-corrected chi connectivity index (χ3v) is 5.98. The Morgan fingerprint density at radius 2 is 1.93 bits per heavy atom. The Balaban J connectivity index is 0.000000470. The number of ether oxygens (including phenoxy) is 1. The lowest BCUT2D eigenvalue weighted by Gasteiger charge is -2.18. The van der Waals surface area contributed by atoms with Gasteiger partial charge in [-0.15, -0.1) is 5.10 Å². The zero-order chi connectivity index (χ0) is 28.7. The number of carboxylic acids is 1. The van der Waals surface area contributed by atoms with Crippen LogP contribution in [-0.4, -0.2) is 60.1 Å². The third-order valence-electron chi connectivity index (χ3n) is 5.67. The van der Waals surface area contributed by atoms with E-state index in [0.717, 1.165) is 36.3 Å². The van der Waals surface area contributed by atoms with Crippen LogP contribution in [0, 0.1) is 0 Å². The number of tetrazole rings is 1. The van der Waals surface area contributed by atoms with Crippen LogP contribution in [0.1, 0.15) is 18.1 Å². The Morgan fingerprint density at radius 3 is 2.60 bits per heavy atom. The van der Waals surface area contributed by atoms with Crippen LogP contribution in [0.2, 0.25) is 5.02 Å². The molecule has 2 aromatic heterocycles. The van der Waals surface area contributed by atoms with Gasteiger partial charge < -0.3 is 20.5 Å². The van der Waals surface area contributed by atoms with E-state index in [1.54, 1.807) is 23.4 Å². The molecule has 1 aliphatic heterocycles.